The number of allylic oxidation sites excluding steroid dienone is 2. The third kappa shape index (κ3) is 5.86. The van der Waals surface area contributed by atoms with Crippen LogP contribution in [-0.4, -0.2) is 21.3 Å². The van der Waals surface area contributed by atoms with Crippen LogP contribution in [0.3, 0.4) is 0 Å². The van der Waals surface area contributed by atoms with Crippen molar-refractivity contribution in [3.8, 4) is 12.3 Å². The number of aliphatic hydroxyl groups is 2. The first-order valence-corrected chi connectivity index (χ1v) is 8.60. The molecule has 0 amide bonds. The lowest BCUT2D eigenvalue weighted by molar-refractivity contribution is -0.132. The van der Waals surface area contributed by atoms with Crippen LogP contribution < -0.4 is 0 Å². The Bertz CT molecular complexity index is 776. The van der Waals surface area contributed by atoms with Gasteiger partial charge in [0.15, 0.2) is 0 Å². The summed E-state index contributed by atoms with van der Waals surface area (Å²) in [5, 5.41) is 29.9. The molecule has 3 N–H and O–H groups in total. The summed E-state index contributed by atoms with van der Waals surface area (Å²) in [5.41, 5.74) is 2.26. The van der Waals surface area contributed by atoms with E-state index >= 15 is 0 Å². The maximum atomic E-state index is 11.8. The summed E-state index contributed by atoms with van der Waals surface area (Å²) >= 11 is 0. The van der Waals surface area contributed by atoms with Gasteiger partial charge in [0.25, 0.3) is 0 Å². The molecule has 0 saturated carbocycles. The molecule has 0 radical (unpaired) electrons. The van der Waals surface area contributed by atoms with Gasteiger partial charge in [0.1, 0.15) is 17.1 Å². The van der Waals surface area contributed by atoms with E-state index in [1.807, 2.05) is 13.0 Å². The number of aryl methyl sites for hydroxylation is 1. The van der Waals surface area contributed by atoms with Gasteiger partial charge in [-0.3, -0.25) is 0 Å². The van der Waals surface area contributed by atoms with Gasteiger partial charge in [-0.1, -0.05) is 56.0 Å². The van der Waals surface area contributed by atoms with E-state index in [0.29, 0.717) is 23.1 Å². The number of terminal acetylenes is 1. The Morgan fingerprint density at radius 2 is 1.96 bits per heavy atom. The minimum absolute atomic E-state index is 0.0338. The van der Waals surface area contributed by atoms with Gasteiger partial charge < -0.3 is 15.3 Å². The van der Waals surface area contributed by atoms with Crippen molar-refractivity contribution in [2.75, 3.05) is 0 Å². The second kappa shape index (κ2) is 10.1. The fourth-order valence-electron chi connectivity index (χ4n) is 2.80. The van der Waals surface area contributed by atoms with Gasteiger partial charge in [-0.25, -0.2) is 4.79 Å². The average molecular weight is 354 g/mol. The molecule has 0 fully saturated rings. The molecule has 0 bridgehead atoms. The van der Waals surface area contributed by atoms with E-state index in [4.69, 9.17) is 6.42 Å². The first-order valence-electron chi connectivity index (χ1n) is 8.60. The van der Waals surface area contributed by atoms with E-state index < -0.39 is 5.97 Å². The summed E-state index contributed by atoms with van der Waals surface area (Å²) in [6, 6.07) is 5.29. The number of aliphatic carboxylic acids is 1. The number of aliphatic hydroxyl groups excluding tert-OH is 2. The normalized spacial score (nSPS) is 12.3. The molecule has 0 unspecified atom stereocenters. The first-order chi connectivity index (χ1) is 12.3. The van der Waals surface area contributed by atoms with E-state index in [9.17, 15) is 20.1 Å². The van der Waals surface area contributed by atoms with Gasteiger partial charge in [-0.15, -0.1) is 6.42 Å². The number of carboxylic acids is 1. The highest BCUT2D eigenvalue weighted by Gasteiger charge is 2.20. The minimum Gasteiger partial charge on any atom is -0.511 e. The van der Waals surface area contributed by atoms with E-state index in [-0.39, 0.29) is 23.5 Å². The van der Waals surface area contributed by atoms with Crippen molar-refractivity contribution in [2.24, 2.45) is 0 Å². The molecule has 0 atom stereocenters. The van der Waals surface area contributed by atoms with E-state index in [0.717, 1.165) is 24.8 Å². The topological polar surface area (TPSA) is 77.8 Å². The van der Waals surface area contributed by atoms with Crippen molar-refractivity contribution in [3.05, 3.63) is 64.4 Å². The van der Waals surface area contributed by atoms with Crippen LogP contribution in [0.4, 0.5) is 0 Å². The van der Waals surface area contributed by atoms with Gasteiger partial charge in [0.2, 0.25) is 0 Å². The zero-order valence-corrected chi connectivity index (χ0v) is 15.4. The predicted molar refractivity (Wildman–Crippen MR) is 105 cm³/mol. The third-order valence-corrected chi connectivity index (χ3v) is 4.06. The molecule has 0 aliphatic carbocycles. The van der Waals surface area contributed by atoms with E-state index in [1.54, 1.807) is 12.1 Å². The maximum Gasteiger partial charge on any atom is 0.339 e. The zero-order chi connectivity index (χ0) is 19.7. The molecule has 0 spiro atoms. The highest BCUT2D eigenvalue weighted by molar-refractivity contribution is 5.92. The van der Waals surface area contributed by atoms with Gasteiger partial charge in [-0.05, 0) is 37.0 Å². The summed E-state index contributed by atoms with van der Waals surface area (Å²) in [5.74, 6) is 0.718. The van der Waals surface area contributed by atoms with E-state index in [1.165, 1.54) is 6.08 Å². The Kier molecular flexibility index (Phi) is 8.24. The van der Waals surface area contributed by atoms with Crippen LogP contribution in [0.2, 0.25) is 0 Å². The Labute approximate surface area is 155 Å². The highest BCUT2D eigenvalue weighted by Crippen LogP contribution is 2.25. The van der Waals surface area contributed by atoms with Gasteiger partial charge in [0, 0.05) is 12.0 Å². The lowest BCUT2D eigenvalue weighted by Crippen LogP contribution is -2.10. The molecule has 26 heavy (non-hydrogen) atoms. The largest absolute Gasteiger partial charge is 0.511 e. The van der Waals surface area contributed by atoms with Crippen molar-refractivity contribution in [3.63, 3.8) is 0 Å². The van der Waals surface area contributed by atoms with Crippen LogP contribution in [0.1, 0.15) is 49.3 Å². The molecule has 1 rings (SSSR count). The lowest BCUT2D eigenvalue weighted by Gasteiger charge is -2.13. The summed E-state index contributed by atoms with van der Waals surface area (Å²) in [6.45, 7) is 7.45. The fourth-order valence-corrected chi connectivity index (χ4v) is 2.80. The molecule has 0 aliphatic rings. The summed E-state index contributed by atoms with van der Waals surface area (Å²) in [6.07, 6.45) is 9.92. The standard InChI is InChI=1S/C22H26O4/c1-5-7-8-10-17(9-6-2)21(22(25)26)20(24)14-18-13-15(3)11-12-19(18)16(4)23/h2,9,11-13,23-24H,4-5,7-8,10,14H2,1,3H3,(H,25,26)/b17-9-,21-20-. The fraction of sp³-hybridized carbons (Fsp3) is 0.318. The van der Waals surface area contributed by atoms with Gasteiger partial charge in [0.05, 0.1) is 0 Å². The predicted octanol–water partition coefficient (Wildman–Crippen LogP) is 5.10. The molecule has 0 saturated heterocycles. The second-order valence-corrected chi connectivity index (χ2v) is 6.20. The number of hydrogen-bond donors (Lipinski definition) is 3. The number of carbonyl (C=O) groups is 1. The molecule has 4 heteroatoms. The zero-order valence-electron chi connectivity index (χ0n) is 15.4. The molecular weight excluding hydrogens is 328 g/mol. The number of rotatable bonds is 9. The Morgan fingerprint density at radius 3 is 2.50 bits per heavy atom. The third-order valence-electron chi connectivity index (χ3n) is 4.06. The van der Waals surface area contributed by atoms with Crippen LogP contribution in [-0.2, 0) is 11.2 Å². The van der Waals surface area contributed by atoms with Crippen molar-refractivity contribution in [1.82, 2.24) is 0 Å². The maximum absolute atomic E-state index is 11.8. The number of unbranched alkanes of at least 4 members (excludes halogenated alkanes) is 2. The van der Waals surface area contributed by atoms with Crippen LogP contribution >= 0.6 is 0 Å². The van der Waals surface area contributed by atoms with Crippen molar-refractivity contribution < 1.29 is 20.1 Å². The van der Waals surface area contributed by atoms with Crippen LogP contribution in [0, 0.1) is 19.3 Å². The van der Waals surface area contributed by atoms with Crippen molar-refractivity contribution in [1.29, 1.82) is 0 Å². The highest BCUT2D eigenvalue weighted by atomic mass is 16.4. The molecule has 1 aromatic rings. The smallest absolute Gasteiger partial charge is 0.339 e. The molecule has 0 aromatic heterocycles. The molecule has 4 nitrogen and oxygen atoms in total. The minimum atomic E-state index is -1.22. The van der Waals surface area contributed by atoms with Crippen LogP contribution in [0.5, 0.6) is 0 Å². The van der Waals surface area contributed by atoms with E-state index in [2.05, 4.69) is 19.4 Å². The van der Waals surface area contributed by atoms with Gasteiger partial charge in [-0.2, -0.15) is 0 Å². The number of carboxylic acid groups (broad SMARTS) is 1. The molecule has 0 heterocycles. The summed E-state index contributed by atoms with van der Waals surface area (Å²) < 4.78 is 0. The molecular formula is C22H26O4. The number of hydrogen-bond acceptors (Lipinski definition) is 3. The molecule has 138 valence electrons. The van der Waals surface area contributed by atoms with Gasteiger partial charge >= 0.3 is 5.97 Å². The average Bonchev–Trinajstić information content (AvgIpc) is 2.54. The Balaban J connectivity index is 3.33. The lowest BCUT2D eigenvalue weighted by atomic mass is 9.94. The summed E-state index contributed by atoms with van der Waals surface area (Å²) in [7, 11) is 0. The Hall–Kier alpha value is -2.93. The van der Waals surface area contributed by atoms with Crippen molar-refractivity contribution >= 4 is 11.7 Å². The Morgan fingerprint density at radius 1 is 1.27 bits per heavy atom. The quantitative estimate of drug-likeness (QED) is 0.189. The molecule has 1 aromatic carbocycles. The van der Waals surface area contributed by atoms with Crippen LogP contribution in [0.15, 0.2) is 47.8 Å². The monoisotopic (exact) mass is 354 g/mol. The SMILES string of the molecule is C#C/C=C(CCCCC)\C(C(=O)O)=C(\O)Cc1cc(C)ccc1C(=C)O. The second-order valence-electron chi connectivity index (χ2n) is 6.20. The first kappa shape index (κ1) is 21.1. The summed E-state index contributed by atoms with van der Waals surface area (Å²) in [4.78, 5) is 11.8. The van der Waals surface area contributed by atoms with Crippen LogP contribution in [0.25, 0.3) is 5.76 Å². The number of benzene rings is 1. The molecule has 0 aliphatic heterocycles. The van der Waals surface area contributed by atoms with Crippen molar-refractivity contribution in [2.45, 2.75) is 46.0 Å².